The molecule has 2 aliphatic rings. The number of rotatable bonds is 2. The fraction of sp³-hybridized carbons (Fsp3) is 0.688. The van der Waals surface area contributed by atoms with Crippen molar-refractivity contribution in [2.75, 3.05) is 46.3 Å². The van der Waals surface area contributed by atoms with Crippen LogP contribution < -0.4 is 0 Å². The van der Waals surface area contributed by atoms with Gasteiger partial charge in [-0.05, 0) is 37.9 Å². The topological polar surface area (TPSA) is 31.7 Å². The van der Waals surface area contributed by atoms with Crippen molar-refractivity contribution < 1.29 is 4.79 Å². The van der Waals surface area contributed by atoms with Gasteiger partial charge in [0.25, 0.3) is 0 Å². The second-order valence-corrected chi connectivity index (χ2v) is 6.41. The zero-order chi connectivity index (χ0) is 14.7. The van der Waals surface area contributed by atoms with Crippen molar-refractivity contribution in [1.82, 2.24) is 19.3 Å². The molecule has 0 saturated carbocycles. The van der Waals surface area contributed by atoms with Gasteiger partial charge in [0, 0.05) is 58.2 Å². The number of likely N-dealkylation sites (tertiary alicyclic amines) is 1. The molecule has 2 aliphatic heterocycles. The molecule has 1 unspecified atom stereocenters. The second kappa shape index (κ2) is 6.52. The molecule has 1 aromatic rings. The lowest BCUT2D eigenvalue weighted by molar-refractivity contribution is 0.103. The third-order valence-corrected chi connectivity index (χ3v) is 4.70. The van der Waals surface area contributed by atoms with Crippen LogP contribution >= 0.6 is 0 Å². The summed E-state index contributed by atoms with van der Waals surface area (Å²) in [5.74, 6) is 0.586. The van der Waals surface area contributed by atoms with E-state index in [4.69, 9.17) is 0 Å². The number of aromatic nitrogens is 1. The third-order valence-electron chi connectivity index (χ3n) is 4.70. The molecule has 2 saturated heterocycles. The van der Waals surface area contributed by atoms with Gasteiger partial charge in [-0.1, -0.05) is 0 Å². The van der Waals surface area contributed by atoms with Gasteiger partial charge in [-0.3, -0.25) is 0 Å². The molecule has 5 heteroatoms. The molecule has 1 atom stereocenters. The predicted molar refractivity (Wildman–Crippen MR) is 83.2 cm³/mol. The lowest BCUT2D eigenvalue weighted by Gasteiger charge is -2.39. The normalized spacial score (nSPS) is 24.3. The number of piperidine rings is 1. The number of hydrogen-bond acceptors (Lipinski definition) is 2. The summed E-state index contributed by atoms with van der Waals surface area (Å²) in [4.78, 5) is 19.0. The lowest BCUT2D eigenvalue weighted by atomic mass is 9.98. The standard InChI is InChI=1S/C16H26N4O/c1-17-9-11-19(12-10-17)16(21)20-8-4-5-15(14-20)13-18-6-2-3-7-18/h2-3,6-7,15H,4-5,8-14H2,1H3. The highest BCUT2D eigenvalue weighted by Crippen LogP contribution is 2.20. The van der Waals surface area contributed by atoms with Crippen LogP contribution in [0.15, 0.2) is 24.5 Å². The lowest BCUT2D eigenvalue weighted by Crippen LogP contribution is -2.53. The summed E-state index contributed by atoms with van der Waals surface area (Å²) in [6, 6.07) is 4.38. The van der Waals surface area contributed by atoms with Gasteiger partial charge in [0.05, 0.1) is 0 Å². The first-order chi connectivity index (χ1) is 10.2. The number of carbonyl (C=O) groups is 1. The van der Waals surface area contributed by atoms with E-state index in [2.05, 4.69) is 45.9 Å². The molecule has 0 spiro atoms. The molecule has 1 aromatic heterocycles. The Balaban J connectivity index is 1.54. The maximum absolute atomic E-state index is 12.6. The fourth-order valence-corrected chi connectivity index (χ4v) is 3.38. The maximum atomic E-state index is 12.6. The molecule has 116 valence electrons. The zero-order valence-corrected chi connectivity index (χ0v) is 12.9. The first-order valence-electron chi connectivity index (χ1n) is 8.05. The van der Waals surface area contributed by atoms with E-state index < -0.39 is 0 Å². The number of hydrogen-bond donors (Lipinski definition) is 0. The third kappa shape index (κ3) is 3.59. The summed E-state index contributed by atoms with van der Waals surface area (Å²) < 4.78 is 2.23. The van der Waals surface area contributed by atoms with Crippen molar-refractivity contribution in [1.29, 1.82) is 0 Å². The van der Waals surface area contributed by atoms with E-state index in [0.29, 0.717) is 5.92 Å². The number of urea groups is 1. The van der Waals surface area contributed by atoms with E-state index in [0.717, 1.165) is 52.2 Å². The summed E-state index contributed by atoms with van der Waals surface area (Å²) in [7, 11) is 2.12. The van der Waals surface area contributed by atoms with Gasteiger partial charge in [-0.2, -0.15) is 0 Å². The Morgan fingerprint density at radius 3 is 2.48 bits per heavy atom. The molecule has 21 heavy (non-hydrogen) atoms. The molecule has 5 nitrogen and oxygen atoms in total. The first kappa shape index (κ1) is 14.4. The fourth-order valence-electron chi connectivity index (χ4n) is 3.38. The SMILES string of the molecule is CN1CCN(C(=O)N2CCCC(Cn3cccc3)C2)CC1. The quantitative estimate of drug-likeness (QED) is 0.828. The summed E-state index contributed by atoms with van der Waals surface area (Å²) in [5, 5.41) is 0. The monoisotopic (exact) mass is 290 g/mol. The Bertz CT molecular complexity index is 451. The van der Waals surface area contributed by atoms with Gasteiger partial charge >= 0.3 is 6.03 Å². The molecular formula is C16H26N4O. The average Bonchev–Trinajstić information content (AvgIpc) is 3.00. The Morgan fingerprint density at radius 2 is 1.76 bits per heavy atom. The minimum atomic E-state index is 0.250. The predicted octanol–water partition coefficient (Wildman–Crippen LogP) is 1.57. The minimum Gasteiger partial charge on any atom is -0.354 e. The molecule has 0 N–H and O–H groups in total. The highest BCUT2D eigenvalue weighted by molar-refractivity contribution is 5.74. The zero-order valence-electron chi connectivity index (χ0n) is 12.9. The molecule has 0 aromatic carbocycles. The van der Waals surface area contributed by atoms with Crippen LogP contribution in [0.3, 0.4) is 0 Å². The molecule has 0 aliphatic carbocycles. The van der Waals surface area contributed by atoms with Crippen molar-refractivity contribution in [2.45, 2.75) is 19.4 Å². The van der Waals surface area contributed by atoms with Crippen molar-refractivity contribution in [3.63, 3.8) is 0 Å². The maximum Gasteiger partial charge on any atom is 0.320 e. The Kier molecular flexibility index (Phi) is 4.48. The number of amides is 2. The van der Waals surface area contributed by atoms with Gasteiger partial charge in [-0.15, -0.1) is 0 Å². The molecule has 3 heterocycles. The van der Waals surface area contributed by atoms with Crippen molar-refractivity contribution in [3.05, 3.63) is 24.5 Å². The van der Waals surface area contributed by atoms with E-state index in [9.17, 15) is 4.79 Å². The van der Waals surface area contributed by atoms with Gasteiger partial charge in [0.15, 0.2) is 0 Å². The van der Waals surface area contributed by atoms with E-state index in [1.54, 1.807) is 0 Å². The molecule has 2 amide bonds. The average molecular weight is 290 g/mol. The highest BCUT2D eigenvalue weighted by Gasteiger charge is 2.28. The summed E-state index contributed by atoms with van der Waals surface area (Å²) in [6.07, 6.45) is 6.58. The van der Waals surface area contributed by atoms with Crippen LogP contribution in [0.5, 0.6) is 0 Å². The van der Waals surface area contributed by atoms with Crippen molar-refractivity contribution in [3.8, 4) is 0 Å². The van der Waals surface area contributed by atoms with Crippen molar-refractivity contribution >= 4 is 6.03 Å². The minimum absolute atomic E-state index is 0.250. The summed E-state index contributed by atoms with van der Waals surface area (Å²) in [6.45, 7) is 6.58. The molecule has 0 radical (unpaired) electrons. The Morgan fingerprint density at radius 1 is 1.05 bits per heavy atom. The van der Waals surface area contributed by atoms with E-state index >= 15 is 0 Å². The molecule has 3 rings (SSSR count). The summed E-state index contributed by atoms with van der Waals surface area (Å²) >= 11 is 0. The number of nitrogens with zero attached hydrogens (tertiary/aromatic N) is 4. The van der Waals surface area contributed by atoms with Crippen LogP contribution in [0, 0.1) is 5.92 Å². The molecular weight excluding hydrogens is 264 g/mol. The Labute approximate surface area is 127 Å². The van der Waals surface area contributed by atoms with Crippen molar-refractivity contribution in [2.24, 2.45) is 5.92 Å². The van der Waals surface area contributed by atoms with Crippen LogP contribution in [0.4, 0.5) is 4.79 Å². The smallest absolute Gasteiger partial charge is 0.320 e. The van der Waals surface area contributed by atoms with Crippen LogP contribution in [-0.4, -0.2) is 71.6 Å². The van der Waals surface area contributed by atoms with Crippen LogP contribution in [0.2, 0.25) is 0 Å². The Hall–Kier alpha value is -1.49. The van der Waals surface area contributed by atoms with E-state index in [1.807, 2.05) is 4.90 Å². The number of piperazine rings is 1. The number of carbonyl (C=O) groups excluding carboxylic acids is 1. The second-order valence-electron chi connectivity index (χ2n) is 6.41. The molecule has 0 bridgehead atoms. The van der Waals surface area contributed by atoms with Gasteiger partial charge in [0.1, 0.15) is 0 Å². The van der Waals surface area contributed by atoms with E-state index in [-0.39, 0.29) is 6.03 Å². The van der Waals surface area contributed by atoms with Crippen LogP contribution in [-0.2, 0) is 6.54 Å². The first-order valence-corrected chi connectivity index (χ1v) is 8.05. The van der Waals surface area contributed by atoms with Gasteiger partial charge in [0.2, 0.25) is 0 Å². The number of likely N-dealkylation sites (N-methyl/N-ethyl adjacent to an activating group) is 1. The van der Waals surface area contributed by atoms with Crippen LogP contribution in [0.25, 0.3) is 0 Å². The van der Waals surface area contributed by atoms with Gasteiger partial charge in [-0.25, -0.2) is 4.79 Å². The summed E-state index contributed by atoms with van der Waals surface area (Å²) in [5.41, 5.74) is 0. The van der Waals surface area contributed by atoms with Gasteiger partial charge < -0.3 is 19.3 Å². The largest absolute Gasteiger partial charge is 0.354 e. The van der Waals surface area contributed by atoms with E-state index in [1.165, 1.54) is 6.42 Å². The molecule has 2 fully saturated rings. The highest BCUT2D eigenvalue weighted by atomic mass is 16.2. The van der Waals surface area contributed by atoms with Crippen LogP contribution in [0.1, 0.15) is 12.8 Å².